The Balaban J connectivity index is 2.93. The van der Waals surface area contributed by atoms with Gasteiger partial charge in [0.05, 0.1) is 0 Å². The highest BCUT2D eigenvalue weighted by Crippen LogP contribution is 2.46. The second-order valence-corrected chi connectivity index (χ2v) is 20.9. The maximum Gasteiger partial charge on any atom is -0.0126 e. The molecule has 0 aliphatic rings. The zero-order valence-electron chi connectivity index (χ0n) is 32.9. The van der Waals surface area contributed by atoms with Crippen LogP contribution in [0, 0.1) is 0 Å². The number of hydrogen-bond acceptors (Lipinski definition) is 0. The van der Waals surface area contributed by atoms with Gasteiger partial charge in [-0.1, -0.05) is 164 Å². The van der Waals surface area contributed by atoms with Gasteiger partial charge in [0.15, 0.2) is 0 Å². The van der Waals surface area contributed by atoms with Crippen LogP contribution in [-0.4, -0.2) is 0 Å². The van der Waals surface area contributed by atoms with Crippen LogP contribution < -0.4 is 0 Å². The van der Waals surface area contributed by atoms with Crippen molar-refractivity contribution in [1.29, 1.82) is 0 Å². The third-order valence-corrected chi connectivity index (χ3v) is 9.06. The van der Waals surface area contributed by atoms with Crippen LogP contribution in [0.3, 0.4) is 0 Å². The van der Waals surface area contributed by atoms with Gasteiger partial charge in [0, 0.05) is 0 Å². The Morgan fingerprint density at radius 3 is 1.00 bits per heavy atom. The highest BCUT2D eigenvalue weighted by atomic mass is 14.4. The highest BCUT2D eigenvalue weighted by Gasteiger charge is 2.36. The summed E-state index contributed by atoms with van der Waals surface area (Å²) in [5.41, 5.74) is 14.6. The Bertz CT molecular complexity index is 1230. The molecule has 0 fully saturated rings. The summed E-state index contributed by atoms with van der Waals surface area (Å²) >= 11 is 0. The first-order chi connectivity index (χ1) is 18.8. The van der Waals surface area contributed by atoms with Crippen LogP contribution in [0.4, 0.5) is 0 Å². The first kappa shape index (κ1) is 37.6. The summed E-state index contributed by atoms with van der Waals surface area (Å²) in [5, 5.41) is 0. The minimum atomic E-state index is 0.0660. The summed E-state index contributed by atoms with van der Waals surface area (Å²) in [4.78, 5) is 0. The molecule has 0 aliphatic heterocycles. The molecule has 0 heteroatoms. The summed E-state index contributed by atoms with van der Waals surface area (Å²) < 4.78 is 0. The van der Waals surface area contributed by atoms with E-state index in [0.717, 1.165) is 19.3 Å². The minimum absolute atomic E-state index is 0.0660. The molecule has 0 N–H and O–H groups in total. The van der Waals surface area contributed by atoms with E-state index in [2.05, 4.69) is 164 Å². The quantitative estimate of drug-likeness (QED) is 0.333. The maximum absolute atomic E-state index is 2.60. The molecule has 0 nitrogen and oxygen atoms in total. The van der Waals surface area contributed by atoms with Gasteiger partial charge in [-0.2, -0.15) is 0 Å². The lowest BCUT2D eigenvalue weighted by Crippen LogP contribution is -2.31. The molecular formula is C43H72. The van der Waals surface area contributed by atoms with Crippen molar-refractivity contribution in [3.8, 4) is 0 Å². The molecule has 0 saturated carbocycles. The van der Waals surface area contributed by atoms with Gasteiger partial charge in [-0.25, -0.2) is 0 Å². The van der Waals surface area contributed by atoms with Gasteiger partial charge < -0.3 is 0 Å². The molecule has 0 radical (unpaired) electrons. The van der Waals surface area contributed by atoms with Crippen LogP contribution in [-0.2, 0) is 50.7 Å². The topological polar surface area (TPSA) is 0 Å². The predicted molar refractivity (Wildman–Crippen MR) is 196 cm³/mol. The van der Waals surface area contributed by atoms with Crippen molar-refractivity contribution in [2.75, 3.05) is 0 Å². The molecule has 43 heavy (non-hydrogen) atoms. The van der Waals surface area contributed by atoms with Crippen LogP contribution in [0.1, 0.15) is 202 Å². The van der Waals surface area contributed by atoms with E-state index in [4.69, 9.17) is 0 Å². The normalized spacial score (nSPS) is 14.4. The summed E-state index contributed by atoms with van der Waals surface area (Å²) in [6.45, 7) is 50.6. The van der Waals surface area contributed by atoms with E-state index in [0.29, 0.717) is 0 Å². The first-order valence-corrected chi connectivity index (χ1v) is 17.2. The fourth-order valence-electron chi connectivity index (χ4n) is 7.15. The van der Waals surface area contributed by atoms with Gasteiger partial charge in [-0.3, -0.25) is 0 Å². The second-order valence-electron chi connectivity index (χ2n) is 20.9. The summed E-state index contributed by atoms with van der Waals surface area (Å²) in [5.74, 6) is 0. The van der Waals surface area contributed by atoms with Crippen molar-refractivity contribution in [1.82, 2.24) is 0 Å². The molecule has 0 aromatic heterocycles. The fraction of sp³-hybridized carbons (Fsp3) is 0.721. The van der Waals surface area contributed by atoms with Gasteiger partial charge in [0.1, 0.15) is 0 Å². The Morgan fingerprint density at radius 2 is 0.698 bits per heavy atom. The van der Waals surface area contributed by atoms with Crippen LogP contribution in [0.25, 0.3) is 0 Å². The average molecular weight is 589 g/mol. The lowest BCUT2D eigenvalue weighted by atomic mass is 9.64. The molecule has 0 atom stereocenters. The number of hydrogen-bond donors (Lipinski definition) is 0. The molecule has 0 aliphatic carbocycles. The van der Waals surface area contributed by atoms with Crippen molar-refractivity contribution >= 4 is 0 Å². The smallest absolute Gasteiger partial charge is 0.0126 e. The molecule has 0 amide bonds. The monoisotopic (exact) mass is 589 g/mol. The standard InChI is InChI=1S/C43H72/c1-37(2,3)29-25-28(34(41(13,14)15)31(26-29)38(4,5)6)23-22-24-30-35(42(16,17)18)32(39(7,8)9)27-33(40(10,11)12)36(30)43(19,20)21/h25-27H,22-24H2,1-21H3. The van der Waals surface area contributed by atoms with Crippen molar-refractivity contribution in [2.24, 2.45) is 0 Å². The summed E-state index contributed by atoms with van der Waals surface area (Å²) in [7, 11) is 0. The maximum atomic E-state index is 2.60. The Labute approximate surface area is 270 Å². The Hall–Kier alpha value is -1.56. The molecule has 2 rings (SSSR count). The SMILES string of the molecule is CC(C)(C)c1cc(CCCc2c(C(C)(C)C)c(C(C)(C)C)cc(C(C)(C)C)c2C(C)(C)C)c(C(C)(C)C)c(C(C)(C)C)c1. The first-order valence-electron chi connectivity index (χ1n) is 17.2. The van der Waals surface area contributed by atoms with Gasteiger partial charge in [-0.15, -0.1) is 0 Å². The molecule has 2 aromatic carbocycles. The van der Waals surface area contributed by atoms with E-state index in [9.17, 15) is 0 Å². The molecule has 0 bridgehead atoms. The Kier molecular flexibility index (Phi) is 10.2. The van der Waals surface area contributed by atoms with Crippen LogP contribution in [0.5, 0.6) is 0 Å². The molecular weight excluding hydrogens is 516 g/mol. The predicted octanol–water partition coefficient (Wildman–Crippen LogP) is 12.9. The van der Waals surface area contributed by atoms with Gasteiger partial charge in [-0.05, 0) is 107 Å². The highest BCUT2D eigenvalue weighted by molar-refractivity contribution is 5.56. The van der Waals surface area contributed by atoms with E-state index >= 15 is 0 Å². The number of aryl methyl sites for hydroxylation is 1. The molecule has 0 unspecified atom stereocenters. The summed E-state index contributed by atoms with van der Waals surface area (Å²) in [6.07, 6.45) is 3.38. The molecule has 0 saturated heterocycles. The van der Waals surface area contributed by atoms with Crippen LogP contribution in [0.2, 0.25) is 0 Å². The van der Waals surface area contributed by atoms with Crippen molar-refractivity contribution < 1.29 is 0 Å². The lowest BCUT2D eigenvalue weighted by Gasteiger charge is -2.40. The third-order valence-electron chi connectivity index (χ3n) is 9.06. The summed E-state index contributed by atoms with van der Waals surface area (Å²) in [6, 6.07) is 7.70. The van der Waals surface area contributed by atoms with Gasteiger partial charge in [0.2, 0.25) is 0 Å². The fourth-order valence-corrected chi connectivity index (χ4v) is 7.15. The third kappa shape index (κ3) is 8.79. The average Bonchev–Trinajstić information content (AvgIpc) is 2.72. The van der Waals surface area contributed by atoms with Crippen LogP contribution in [0.15, 0.2) is 18.2 Å². The molecule has 0 heterocycles. The Morgan fingerprint density at radius 1 is 0.349 bits per heavy atom. The lowest BCUT2D eigenvalue weighted by molar-refractivity contribution is 0.489. The molecule has 2 aromatic rings. The number of benzene rings is 2. The van der Waals surface area contributed by atoms with Crippen molar-refractivity contribution in [3.63, 3.8) is 0 Å². The van der Waals surface area contributed by atoms with E-state index < -0.39 is 0 Å². The zero-order valence-corrected chi connectivity index (χ0v) is 32.9. The minimum Gasteiger partial charge on any atom is -0.0561 e. The van der Waals surface area contributed by atoms with E-state index in [1.807, 2.05) is 0 Å². The van der Waals surface area contributed by atoms with Gasteiger partial charge >= 0.3 is 0 Å². The van der Waals surface area contributed by atoms with Gasteiger partial charge in [0.25, 0.3) is 0 Å². The zero-order chi connectivity index (χ0) is 33.9. The van der Waals surface area contributed by atoms with Crippen molar-refractivity contribution in [2.45, 2.75) is 203 Å². The van der Waals surface area contributed by atoms with E-state index in [1.54, 1.807) is 27.8 Å². The second kappa shape index (κ2) is 11.7. The van der Waals surface area contributed by atoms with Crippen LogP contribution >= 0.6 is 0 Å². The largest absolute Gasteiger partial charge is 0.0561 e. The van der Waals surface area contributed by atoms with E-state index in [1.165, 1.54) is 22.3 Å². The van der Waals surface area contributed by atoms with E-state index in [-0.39, 0.29) is 37.9 Å². The van der Waals surface area contributed by atoms with Crippen molar-refractivity contribution in [3.05, 3.63) is 68.3 Å². The number of rotatable bonds is 4. The molecule has 244 valence electrons. The molecule has 0 spiro atoms.